The summed E-state index contributed by atoms with van der Waals surface area (Å²) >= 11 is 0. The van der Waals surface area contributed by atoms with E-state index in [0.717, 1.165) is 6.07 Å². The molecular weight excluding hydrogens is 362 g/mol. The van der Waals surface area contributed by atoms with E-state index in [1.807, 2.05) is 0 Å². The van der Waals surface area contributed by atoms with Gasteiger partial charge in [0.05, 0.1) is 5.75 Å². The molecule has 0 radical (unpaired) electrons. The standard InChI is InChI=1S/C18H18F2N2O3S/c1-12-9-15(5-6-16(12)20)22-8-7-17(18(22)23)21-26(24,25)11-13-3-2-4-14(19)10-13/h2-6,9-10,17,21H,7-8,11H2,1H3/t17-/m1/s1. The van der Waals surface area contributed by atoms with Gasteiger partial charge in [-0.1, -0.05) is 12.1 Å². The van der Waals surface area contributed by atoms with Crippen molar-refractivity contribution in [2.75, 3.05) is 11.4 Å². The van der Waals surface area contributed by atoms with Crippen LogP contribution in [-0.4, -0.2) is 26.9 Å². The average molecular weight is 380 g/mol. The predicted octanol–water partition coefficient (Wildman–Crippen LogP) is 2.50. The van der Waals surface area contributed by atoms with Crippen molar-refractivity contribution in [2.45, 2.75) is 25.1 Å². The van der Waals surface area contributed by atoms with Crippen LogP contribution in [0.1, 0.15) is 17.5 Å². The number of hydrogen-bond acceptors (Lipinski definition) is 3. The highest BCUT2D eigenvalue weighted by Crippen LogP contribution is 2.24. The summed E-state index contributed by atoms with van der Waals surface area (Å²) < 4.78 is 53.6. The van der Waals surface area contributed by atoms with Crippen molar-refractivity contribution in [2.24, 2.45) is 0 Å². The molecule has 2 aromatic carbocycles. The molecule has 0 aliphatic carbocycles. The zero-order valence-corrected chi connectivity index (χ0v) is 14.9. The maximum absolute atomic E-state index is 13.4. The molecule has 0 saturated carbocycles. The first-order valence-corrected chi connectivity index (χ1v) is 9.72. The van der Waals surface area contributed by atoms with Crippen LogP contribution in [0, 0.1) is 18.6 Å². The molecule has 0 aromatic heterocycles. The third-order valence-electron chi connectivity index (χ3n) is 4.23. The van der Waals surface area contributed by atoms with Crippen LogP contribution in [-0.2, 0) is 20.6 Å². The molecule has 1 N–H and O–H groups in total. The number of benzene rings is 2. The lowest BCUT2D eigenvalue weighted by atomic mass is 10.2. The highest BCUT2D eigenvalue weighted by atomic mass is 32.2. The number of carbonyl (C=O) groups is 1. The van der Waals surface area contributed by atoms with E-state index in [1.165, 1.54) is 35.2 Å². The van der Waals surface area contributed by atoms with E-state index in [1.54, 1.807) is 13.0 Å². The molecule has 138 valence electrons. The van der Waals surface area contributed by atoms with E-state index in [4.69, 9.17) is 0 Å². The van der Waals surface area contributed by atoms with Gasteiger partial charge in [0.15, 0.2) is 0 Å². The Kier molecular flexibility index (Phi) is 5.06. The number of sulfonamides is 1. The molecule has 26 heavy (non-hydrogen) atoms. The molecule has 0 bridgehead atoms. The number of nitrogens with zero attached hydrogens (tertiary/aromatic N) is 1. The van der Waals surface area contributed by atoms with Gasteiger partial charge in [-0.15, -0.1) is 0 Å². The topological polar surface area (TPSA) is 66.5 Å². The summed E-state index contributed by atoms with van der Waals surface area (Å²) in [6, 6.07) is 8.74. The third kappa shape index (κ3) is 4.08. The van der Waals surface area contributed by atoms with Crippen molar-refractivity contribution in [1.29, 1.82) is 0 Å². The summed E-state index contributed by atoms with van der Waals surface area (Å²) in [5.41, 5.74) is 1.24. The Labute approximate surface area is 150 Å². The highest BCUT2D eigenvalue weighted by molar-refractivity contribution is 7.88. The Morgan fingerprint density at radius 2 is 1.96 bits per heavy atom. The lowest BCUT2D eigenvalue weighted by molar-refractivity contribution is -0.118. The second kappa shape index (κ2) is 7.13. The Hall–Kier alpha value is -2.32. The zero-order chi connectivity index (χ0) is 18.9. The molecule has 2 aromatic rings. The van der Waals surface area contributed by atoms with Gasteiger partial charge in [0, 0.05) is 12.2 Å². The SMILES string of the molecule is Cc1cc(N2CC[C@@H](NS(=O)(=O)Cc3cccc(F)c3)C2=O)ccc1F. The average Bonchev–Trinajstić information content (AvgIpc) is 2.90. The number of nitrogens with one attached hydrogen (secondary N) is 1. The van der Waals surface area contributed by atoms with Crippen molar-refractivity contribution in [3.05, 3.63) is 65.2 Å². The number of anilines is 1. The molecule has 1 fully saturated rings. The highest BCUT2D eigenvalue weighted by Gasteiger charge is 2.35. The van der Waals surface area contributed by atoms with Crippen LogP contribution in [0.25, 0.3) is 0 Å². The number of hydrogen-bond donors (Lipinski definition) is 1. The predicted molar refractivity (Wildman–Crippen MR) is 94.1 cm³/mol. The van der Waals surface area contributed by atoms with Gasteiger partial charge >= 0.3 is 0 Å². The van der Waals surface area contributed by atoms with Crippen LogP contribution >= 0.6 is 0 Å². The summed E-state index contributed by atoms with van der Waals surface area (Å²) in [4.78, 5) is 14.0. The van der Waals surface area contributed by atoms with E-state index < -0.39 is 27.6 Å². The molecule has 1 aliphatic rings. The summed E-state index contributed by atoms with van der Waals surface area (Å²) in [5, 5.41) is 0. The molecular formula is C18H18F2N2O3S. The van der Waals surface area contributed by atoms with Crippen LogP contribution in [0.5, 0.6) is 0 Å². The van der Waals surface area contributed by atoms with E-state index >= 15 is 0 Å². The number of halogens is 2. The Morgan fingerprint density at radius 3 is 2.65 bits per heavy atom. The van der Waals surface area contributed by atoms with Gasteiger partial charge in [-0.05, 0) is 54.8 Å². The van der Waals surface area contributed by atoms with E-state index in [2.05, 4.69) is 4.72 Å². The first kappa shape index (κ1) is 18.5. The van der Waals surface area contributed by atoms with E-state index in [-0.39, 0.29) is 11.7 Å². The summed E-state index contributed by atoms with van der Waals surface area (Å²) in [5.74, 6) is -1.69. The number of carbonyl (C=O) groups excluding carboxylic acids is 1. The zero-order valence-electron chi connectivity index (χ0n) is 14.1. The van der Waals surface area contributed by atoms with Crippen molar-refractivity contribution in [1.82, 2.24) is 4.72 Å². The summed E-state index contributed by atoms with van der Waals surface area (Å²) in [6.07, 6.45) is 0.303. The van der Waals surface area contributed by atoms with Crippen molar-refractivity contribution >= 4 is 21.6 Å². The normalized spacial score (nSPS) is 17.7. The van der Waals surface area contributed by atoms with E-state index in [0.29, 0.717) is 29.8 Å². The second-order valence-electron chi connectivity index (χ2n) is 6.27. The Bertz CT molecular complexity index is 947. The van der Waals surface area contributed by atoms with Crippen LogP contribution < -0.4 is 9.62 Å². The van der Waals surface area contributed by atoms with Gasteiger partial charge in [-0.2, -0.15) is 0 Å². The minimum absolute atomic E-state index is 0.300. The molecule has 0 spiro atoms. The fraction of sp³-hybridized carbons (Fsp3) is 0.278. The molecule has 0 unspecified atom stereocenters. The molecule has 1 amide bonds. The molecule has 3 rings (SSSR count). The second-order valence-corrected chi connectivity index (χ2v) is 8.03. The molecule has 1 heterocycles. The first-order chi connectivity index (χ1) is 12.2. The summed E-state index contributed by atoms with van der Waals surface area (Å²) in [7, 11) is -3.81. The molecule has 8 heteroatoms. The van der Waals surface area contributed by atoms with Crippen molar-refractivity contribution < 1.29 is 22.0 Å². The van der Waals surface area contributed by atoms with Gasteiger partial charge in [0.2, 0.25) is 15.9 Å². The van der Waals surface area contributed by atoms with Crippen LogP contribution in [0.2, 0.25) is 0 Å². The molecule has 1 saturated heterocycles. The number of amides is 1. The van der Waals surface area contributed by atoms with Gasteiger partial charge in [-0.3, -0.25) is 4.79 Å². The van der Waals surface area contributed by atoms with Gasteiger partial charge in [0.1, 0.15) is 17.7 Å². The quantitative estimate of drug-likeness (QED) is 0.867. The summed E-state index contributed by atoms with van der Waals surface area (Å²) in [6.45, 7) is 1.93. The smallest absolute Gasteiger partial charge is 0.245 e. The number of rotatable bonds is 5. The Morgan fingerprint density at radius 1 is 1.19 bits per heavy atom. The first-order valence-electron chi connectivity index (χ1n) is 8.07. The molecule has 1 aliphatic heterocycles. The van der Waals surface area contributed by atoms with Crippen LogP contribution in [0.4, 0.5) is 14.5 Å². The largest absolute Gasteiger partial charge is 0.311 e. The lowest BCUT2D eigenvalue weighted by Gasteiger charge is -2.18. The van der Waals surface area contributed by atoms with Gasteiger partial charge < -0.3 is 4.90 Å². The monoisotopic (exact) mass is 380 g/mol. The third-order valence-corrected chi connectivity index (χ3v) is 5.58. The van der Waals surface area contributed by atoms with Crippen LogP contribution in [0.15, 0.2) is 42.5 Å². The van der Waals surface area contributed by atoms with Crippen molar-refractivity contribution in [3.8, 4) is 0 Å². The fourth-order valence-corrected chi connectivity index (χ4v) is 4.30. The van der Waals surface area contributed by atoms with Crippen LogP contribution in [0.3, 0.4) is 0 Å². The maximum Gasteiger partial charge on any atom is 0.245 e. The van der Waals surface area contributed by atoms with E-state index in [9.17, 15) is 22.0 Å². The van der Waals surface area contributed by atoms with Gasteiger partial charge in [-0.25, -0.2) is 21.9 Å². The fourth-order valence-electron chi connectivity index (χ4n) is 2.95. The maximum atomic E-state index is 13.4. The van der Waals surface area contributed by atoms with Gasteiger partial charge in [0.25, 0.3) is 0 Å². The lowest BCUT2D eigenvalue weighted by Crippen LogP contribution is -2.42. The number of aryl methyl sites for hydroxylation is 1. The minimum Gasteiger partial charge on any atom is -0.311 e. The molecule has 1 atom stereocenters. The Balaban J connectivity index is 1.70. The van der Waals surface area contributed by atoms with Crippen molar-refractivity contribution in [3.63, 3.8) is 0 Å². The molecule has 5 nitrogen and oxygen atoms in total. The minimum atomic E-state index is -3.81.